The van der Waals surface area contributed by atoms with E-state index in [1.807, 2.05) is 18.3 Å². The van der Waals surface area contributed by atoms with Gasteiger partial charge in [-0.3, -0.25) is 4.79 Å². The van der Waals surface area contributed by atoms with Crippen LogP contribution in [0.3, 0.4) is 0 Å². The topological polar surface area (TPSA) is 68.3 Å². The van der Waals surface area contributed by atoms with Crippen LogP contribution in [-0.2, 0) is 6.54 Å². The van der Waals surface area contributed by atoms with Crippen molar-refractivity contribution in [3.05, 3.63) is 46.9 Å². The van der Waals surface area contributed by atoms with Gasteiger partial charge in [0.1, 0.15) is 16.5 Å². The standard InChI is InChI=1S/C26H25ClN6O/c1-13-23(20-7-15-4-5-21(27)29-25(15)31(20)10-14-2-3-14)30-33-12-18(9-28-24(13)33)26(34)32-11-17-6-16-8-19(32)22(16)17/h4-5,7,9,12,14,16-17,19,22H,2-3,6,8,10-11H2,1H3/t16?,17?,19?,22-/m1/s1. The molecule has 4 aromatic rings. The molecule has 1 saturated heterocycles. The molecule has 4 atom stereocenters. The van der Waals surface area contributed by atoms with Crippen molar-refractivity contribution in [2.75, 3.05) is 6.54 Å². The van der Waals surface area contributed by atoms with Gasteiger partial charge in [0.2, 0.25) is 0 Å². The lowest BCUT2D eigenvalue weighted by Crippen LogP contribution is -2.53. The van der Waals surface area contributed by atoms with Crippen LogP contribution in [0.4, 0.5) is 0 Å². The molecule has 4 fully saturated rings. The van der Waals surface area contributed by atoms with Crippen molar-refractivity contribution in [2.45, 2.75) is 45.2 Å². The van der Waals surface area contributed by atoms with Gasteiger partial charge in [-0.1, -0.05) is 11.6 Å². The van der Waals surface area contributed by atoms with Gasteiger partial charge < -0.3 is 9.47 Å². The number of aryl methyl sites for hydroxylation is 1. The molecule has 0 aromatic carbocycles. The molecule has 5 heterocycles. The van der Waals surface area contributed by atoms with Crippen LogP contribution in [0.5, 0.6) is 0 Å². The summed E-state index contributed by atoms with van der Waals surface area (Å²) < 4.78 is 4.04. The summed E-state index contributed by atoms with van der Waals surface area (Å²) in [5.74, 6) is 3.13. The number of hydrogen-bond acceptors (Lipinski definition) is 4. The molecule has 34 heavy (non-hydrogen) atoms. The van der Waals surface area contributed by atoms with Crippen molar-refractivity contribution in [1.29, 1.82) is 0 Å². The predicted octanol–water partition coefficient (Wildman–Crippen LogP) is 4.60. The Kier molecular flexibility index (Phi) is 3.76. The molecular formula is C26H25ClN6O. The largest absolute Gasteiger partial charge is 0.335 e. The van der Waals surface area contributed by atoms with Crippen LogP contribution in [0.1, 0.15) is 41.6 Å². The number of nitrogens with zero attached hydrogens (tertiary/aromatic N) is 6. The van der Waals surface area contributed by atoms with Crippen molar-refractivity contribution in [1.82, 2.24) is 29.0 Å². The van der Waals surface area contributed by atoms with Gasteiger partial charge in [-0.15, -0.1) is 0 Å². The second kappa shape index (κ2) is 6.60. The van der Waals surface area contributed by atoms with E-state index in [-0.39, 0.29) is 5.91 Å². The van der Waals surface area contributed by atoms with Gasteiger partial charge in [0.25, 0.3) is 5.91 Å². The minimum Gasteiger partial charge on any atom is -0.335 e. The molecule has 3 saturated carbocycles. The fourth-order valence-electron chi connectivity index (χ4n) is 6.81. The minimum atomic E-state index is 0.101. The number of rotatable bonds is 4. The van der Waals surface area contributed by atoms with Gasteiger partial charge in [0, 0.05) is 42.5 Å². The third-order valence-electron chi connectivity index (χ3n) is 8.82. The maximum Gasteiger partial charge on any atom is 0.257 e. The lowest BCUT2D eigenvalue weighted by molar-refractivity contribution is -0.0204. The maximum atomic E-state index is 13.4. The monoisotopic (exact) mass is 472 g/mol. The first-order valence-corrected chi connectivity index (χ1v) is 12.7. The minimum absolute atomic E-state index is 0.101. The van der Waals surface area contributed by atoms with Crippen LogP contribution in [0.25, 0.3) is 28.1 Å². The number of aromatic nitrogens is 5. The molecule has 172 valence electrons. The van der Waals surface area contributed by atoms with E-state index in [4.69, 9.17) is 16.7 Å². The zero-order valence-corrected chi connectivity index (χ0v) is 19.7. The molecule has 0 N–H and O–H groups in total. The molecule has 1 aliphatic heterocycles. The summed E-state index contributed by atoms with van der Waals surface area (Å²) in [6.45, 7) is 3.87. The van der Waals surface area contributed by atoms with E-state index in [9.17, 15) is 4.79 Å². The SMILES string of the molecule is Cc1c(-c2cc3ccc(Cl)nc3n2CC2CC2)nn2cc(C(=O)N3CC4CC5CC3[C@H]54)cnc12. The average Bonchev–Trinajstić information content (AvgIpc) is 3.49. The van der Waals surface area contributed by atoms with Gasteiger partial charge in [0.05, 0.1) is 11.3 Å². The first-order chi connectivity index (χ1) is 16.5. The Bertz CT molecular complexity index is 1520. The first kappa shape index (κ1) is 19.4. The Balaban J connectivity index is 1.21. The van der Waals surface area contributed by atoms with Crippen LogP contribution in [0, 0.1) is 30.6 Å². The molecule has 8 rings (SSSR count). The summed E-state index contributed by atoms with van der Waals surface area (Å²) in [6, 6.07) is 6.44. The summed E-state index contributed by atoms with van der Waals surface area (Å²) >= 11 is 6.24. The van der Waals surface area contributed by atoms with Gasteiger partial charge in [-0.05, 0) is 74.5 Å². The van der Waals surface area contributed by atoms with Crippen LogP contribution < -0.4 is 0 Å². The van der Waals surface area contributed by atoms with Crippen molar-refractivity contribution in [3.63, 3.8) is 0 Å². The molecule has 3 aliphatic carbocycles. The Labute approximate surface area is 201 Å². The molecular weight excluding hydrogens is 448 g/mol. The second-order valence-electron chi connectivity index (χ2n) is 10.8. The number of hydrogen-bond donors (Lipinski definition) is 0. The van der Waals surface area contributed by atoms with E-state index in [2.05, 4.69) is 32.4 Å². The Morgan fingerprint density at radius 3 is 2.85 bits per heavy atom. The molecule has 0 spiro atoms. The van der Waals surface area contributed by atoms with Crippen LogP contribution in [-0.4, -0.2) is 47.5 Å². The summed E-state index contributed by atoms with van der Waals surface area (Å²) in [5, 5.41) is 6.49. The number of pyridine rings is 1. The van der Waals surface area contributed by atoms with Crippen LogP contribution in [0.2, 0.25) is 5.15 Å². The normalized spacial score (nSPS) is 27.2. The fraction of sp³-hybridized carbons (Fsp3) is 0.462. The highest BCUT2D eigenvalue weighted by molar-refractivity contribution is 6.29. The van der Waals surface area contributed by atoms with E-state index < -0.39 is 0 Å². The van der Waals surface area contributed by atoms with E-state index >= 15 is 0 Å². The fourth-order valence-corrected chi connectivity index (χ4v) is 6.95. The van der Waals surface area contributed by atoms with E-state index in [1.165, 1.54) is 25.7 Å². The number of carbonyl (C=O) groups is 1. The first-order valence-electron chi connectivity index (χ1n) is 12.4. The molecule has 7 nitrogen and oxygen atoms in total. The van der Waals surface area contributed by atoms with E-state index in [0.29, 0.717) is 22.7 Å². The second-order valence-corrected chi connectivity index (χ2v) is 11.2. The maximum absolute atomic E-state index is 13.4. The molecule has 4 aromatic heterocycles. The zero-order valence-electron chi connectivity index (χ0n) is 19.0. The van der Waals surface area contributed by atoms with Crippen LogP contribution >= 0.6 is 11.6 Å². The van der Waals surface area contributed by atoms with E-state index in [1.54, 1.807) is 10.7 Å². The molecule has 3 unspecified atom stereocenters. The highest BCUT2D eigenvalue weighted by atomic mass is 35.5. The highest BCUT2D eigenvalue weighted by Gasteiger charge is 2.61. The quantitative estimate of drug-likeness (QED) is 0.407. The molecule has 0 radical (unpaired) electrons. The molecule has 8 heteroatoms. The molecule has 4 aliphatic rings. The van der Waals surface area contributed by atoms with Gasteiger partial charge in [0.15, 0.2) is 5.65 Å². The number of fused-ring (bicyclic) bond motifs is 2. The predicted molar refractivity (Wildman–Crippen MR) is 129 cm³/mol. The number of likely N-dealkylation sites (tertiary alicyclic amines) is 1. The third-order valence-corrected chi connectivity index (χ3v) is 9.03. The Hall–Kier alpha value is -2.93. The van der Waals surface area contributed by atoms with Crippen molar-refractivity contribution >= 4 is 34.2 Å². The zero-order chi connectivity index (χ0) is 22.7. The summed E-state index contributed by atoms with van der Waals surface area (Å²) in [5.41, 5.74) is 5.23. The Morgan fingerprint density at radius 2 is 2.06 bits per heavy atom. The third kappa shape index (κ3) is 2.59. The van der Waals surface area contributed by atoms with Gasteiger partial charge >= 0.3 is 0 Å². The number of carbonyl (C=O) groups excluding carboxylic acids is 1. The molecule has 0 bridgehead atoms. The Morgan fingerprint density at radius 1 is 1.18 bits per heavy atom. The summed E-state index contributed by atoms with van der Waals surface area (Å²) in [7, 11) is 0. The molecule has 1 amide bonds. The van der Waals surface area contributed by atoms with Crippen LogP contribution in [0.15, 0.2) is 30.6 Å². The smallest absolute Gasteiger partial charge is 0.257 e. The number of halogens is 1. The van der Waals surface area contributed by atoms with Crippen molar-refractivity contribution < 1.29 is 4.79 Å². The summed E-state index contributed by atoms with van der Waals surface area (Å²) in [4.78, 5) is 24.8. The number of amides is 1. The van der Waals surface area contributed by atoms with Crippen molar-refractivity contribution in [3.8, 4) is 11.4 Å². The van der Waals surface area contributed by atoms with Gasteiger partial charge in [-0.2, -0.15) is 5.10 Å². The van der Waals surface area contributed by atoms with E-state index in [0.717, 1.165) is 64.5 Å². The lowest BCUT2D eigenvalue weighted by Gasteiger charge is -2.52. The lowest BCUT2D eigenvalue weighted by atomic mass is 9.53. The highest BCUT2D eigenvalue weighted by Crippen LogP contribution is 2.60. The average molecular weight is 473 g/mol. The summed E-state index contributed by atoms with van der Waals surface area (Å²) in [6.07, 6.45) is 8.57. The van der Waals surface area contributed by atoms with Gasteiger partial charge in [-0.25, -0.2) is 14.5 Å². The van der Waals surface area contributed by atoms with Crippen molar-refractivity contribution in [2.24, 2.45) is 23.7 Å².